The van der Waals surface area contributed by atoms with Gasteiger partial charge in [-0.15, -0.1) is 0 Å². The summed E-state index contributed by atoms with van der Waals surface area (Å²) in [5.74, 6) is 0.539. The van der Waals surface area contributed by atoms with Gasteiger partial charge in [0, 0.05) is 6.92 Å². The van der Waals surface area contributed by atoms with Crippen LogP contribution in [0.15, 0.2) is 26.6 Å². The minimum atomic E-state index is -0.137. The molecule has 0 saturated heterocycles. The van der Waals surface area contributed by atoms with Gasteiger partial charge in [0.2, 0.25) is 5.91 Å². The lowest BCUT2D eigenvalue weighted by Gasteiger charge is -1.92. The molecule has 0 fully saturated rings. The smallest absolute Gasteiger partial charge is 0.223 e. The molecule has 1 amide bonds. The predicted octanol–water partition coefficient (Wildman–Crippen LogP) is 3.12. The molecule has 0 aliphatic rings. The second-order valence-electron chi connectivity index (χ2n) is 2.80. The van der Waals surface area contributed by atoms with E-state index in [-0.39, 0.29) is 5.91 Å². The lowest BCUT2D eigenvalue weighted by molar-refractivity contribution is -0.114. The molecule has 2 heterocycles. The number of amides is 1. The van der Waals surface area contributed by atoms with Gasteiger partial charge in [-0.2, -0.15) is 0 Å². The third kappa shape index (κ3) is 2.27. The standard InChI is InChI=1S/C9H7BrN2O2S/c1-5(13)11-9-12-7(8(10)15-9)6-3-2-4-14-6/h2-4H,1H3,(H,11,12,13). The normalized spacial score (nSPS) is 10.3. The number of hydrogen-bond acceptors (Lipinski definition) is 4. The number of carbonyl (C=O) groups excluding carboxylic acids is 1. The highest BCUT2D eigenvalue weighted by Gasteiger charge is 2.13. The number of aromatic nitrogens is 1. The summed E-state index contributed by atoms with van der Waals surface area (Å²) < 4.78 is 6.05. The maximum absolute atomic E-state index is 10.8. The van der Waals surface area contributed by atoms with Crippen LogP contribution >= 0.6 is 27.3 Å². The van der Waals surface area contributed by atoms with Crippen LogP contribution in [0.3, 0.4) is 0 Å². The van der Waals surface area contributed by atoms with Crippen LogP contribution in [-0.2, 0) is 4.79 Å². The van der Waals surface area contributed by atoms with E-state index in [2.05, 4.69) is 26.2 Å². The Kier molecular flexibility index (Phi) is 2.88. The van der Waals surface area contributed by atoms with Gasteiger partial charge in [0.1, 0.15) is 9.48 Å². The molecule has 1 N–H and O–H groups in total. The number of hydrogen-bond donors (Lipinski definition) is 1. The van der Waals surface area contributed by atoms with E-state index in [1.54, 1.807) is 12.3 Å². The van der Waals surface area contributed by atoms with Gasteiger partial charge >= 0.3 is 0 Å². The first-order chi connectivity index (χ1) is 7.16. The van der Waals surface area contributed by atoms with E-state index in [4.69, 9.17) is 4.42 Å². The SMILES string of the molecule is CC(=O)Nc1nc(-c2ccco2)c(Br)s1. The maximum atomic E-state index is 10.8. The summed E-state index contributed by atoms with van der Waals surface area (Å²) in [6.45, 7) is 1.45. The van der Waals surface area contributed by atoms with E-state index in [0.717, 1.165) is 3.79 Å². The fraction of sp³-hybridized carbons (Fsp3) is 0.111. The molecule has 0 bridgehead atoms. The minimum absolute atomic E-state index is 0.137. The number of furan rings is 1. The molecular weight excluding hydrogens is 280 g/mol. The van der Waals surface area contributed by atoms with Gasteiger partial charge in [-0.3, -0.25) is 4.79 Å². The molecule has 0 aliphatic heterocycles. The fourth-order valence-electron chi connectivity index (χ4n) is 1.07. The Balaban J connectivity index is 2.34. The number of nitrogens with one attached hydrogen (secondary N) is 1. The summed E-state index contributed by atoms with van der Waals surface area (Å²) in [6, 6.07) is 3.61. The molecule has 0 aromatic carbocycles. The minimum Gasteiger partial charge on any atom is -0.463 e. The Bertz CT molecular complexity index is 478. The summed E-state index contributed by atoms with van der Waals surface area (Å²) in [6.07, 6.45) is 1.58. The molecule has 4 nitrogen and oxygen atoms in total. The van der Waals surface area contributed by atoms with E-state index in [1.807, 2.05) is 6.07 Å². The first kappa shape index (κ1) is 10.4. The molecule has 6 heteroatoms. The zero-order valence-electron chi connectivity index (χ0n) is 7.78. The van der Waals surface area contributed by atoms with Crippen LogP contribution in [-0.4, -0.2) is 10.9 Å². The van der Waals surface area contributed by atoms with Gasteiger partial charge in [0.05, 0.1) is 6.26 Å². The highest BCUT2D eigenvalue weighted by atomic mass is 79.9. The predicted molar refractivity (Wildman–Crippen MR) is 61.8 cm³/mol. The van der Waals surface area contributed by atoms with Crippen LogP contribution in [0.25, 0.3) is 11.5 Å². The van der Waals surface area contributed by atoms with Crippen molar-refractivity contribution in [3.05, 3.63) is 22.2 Å². The fourth-order valence-corrected chi connectivity index (χ4v) is 2.56. The van der Waals surface area contributed by atoms with Crippen LogP contribution in [0.1, 0.15) is 6.92 Å². The summed E-state index contributed by atoms with van der Waals surface area (Å²) in [4.78, 5) is 15.1. The third-order valence-corrected chi connectivity index (χ3v) is 3.24. The van der Waals surface area contributed by atoms with Gasteiger partial charge < -0.3 is 9.73 Å². The molecule has 0 atom stereocenters. The molecule has 0 spiro atoms. The number of halogens is 1. The largest absolute Gasteiger partial charge is 0.463 e. The van der Waals surface area contributed by atoms with Crippen molar-refractivity contribution in [1.82, 2.24) is 4.98 Å². The molecule has 15 heavy (non-hydrogen) atoms. The van der Waals surface area contributed by atoms with Gasteiger partial charge in [-0.05, 0) is 28.1 Å². The highest BCUT2D eigenvalue weighted by Crippen LogP contribution is 2.35. The van der Waals surface area contributed by atoms with Gasteiger partial charge in [0.15, 0.2) is 10.9 Å². The van der Waals surface area contributed by atoms with Crippen LogP contribution in [0.5, 0.6) is 0 Å². The van der Waals surface area contributed by atoms with E-state index < -0.39 is 0 Å². The monoisotopic (exact) mass is 286 g/mol. The van der Waals surface area contributed by atoms with Crippen molar-refractivity contribution in [3.63, 3.8) is 0 Å². The van der Waals surface area contributed by atoms with Crippen molar-refractivity contribution in [2.75, 3.05) is 5.32 Å². The summed E-state index contributed by atoms with van der Waals surface area (Å²) in [7, 11) is 0. The Labute approximate surface area is 98.5 Å². The van der Waals surface area contributed by atoms with Crippen molar-refractivity contribution in [2.24, 2.45) is 0 Å². The van der Waals surface area contributed by atoms with E-state index in [9.17, 15) is 4.79 Å². The average Bonchev–Trinajstić information content (AvgIpc) is 2.72. The van der Waals surface area contributed by atoms with Crippen molar-refractivity contribution < 1.29 is 9.21 Å². The molecule has 0 radical (unpaired) electrons. The van der Waals surface area contributed by atoms with Gasteiger partial charge in [-0.25, -0.2) is 4.98 Å². The Hall–Kier alpha value is -1.14. The summed E-state index contributed by atoms with van der Waals surface area (Å²) in [5, 5.41) is 3.18. The maximum Gasteiger partial charge on any atom is 0.223 e. The first-order valence-corrected chi connectivity index (χ1v) is 5.75. The van der Waals surface area contributed by atoms with Gasteiger partial charge in [0.25, 0.3) is 0 Å². The molecule has 2 aromatic heterocycles. The summed E-state index contributed by atoms with van der Waals surface area (Å²) in [5.41, 5.74) is 0.703. The second-order valence-corrected chi connectivity index (χ2v) is 5.12. The quantitative estimate of drug-likeness (QED) is 0.923. The second kappa shape index (κ2) is 4.16. The summed E-state index contributed by atoms with van der Waals surface area (Å²) >= 11 is 4.73. The zero-order chi connectivity index (χ0) is 10.8. The van der Waals surface area contributed by atoms with Crippen LogP contribution in [0, 0.1) is 0 Å². The van der Waals surface area contributed by atoms with Gasteiger partial charge in [-0.1, -0.05) is 11.3 Å². The third-order valence-electron chi connectivity index (χ3n) is 1.62. The Morgan fingerprint density at radius 2 is 2.47 bits per heavy atom. The Morgan fingerprint density at radius 1 is 1.67 bits per heavy atom. The molecule has 78 valence electrons. The zero-order valence-corrected chi connectivity index (χ0v) is 10.2. The van der Waals surface area contributed by atoms with Crippen molar-refractivity contribution >= 4 is 38.3 Å². The van der Waals surface area contributed by atoms with Crippen LogP contribution in [0.2, 0.25) is 0 Å². The topological polar surface area (TPSA) is 55.1 Å². The lowest BCUT2D eigenvalue weighted by Crippen LogP contribution is -2.04. The molecule has 0 unspecified atom stereocenters. The molecule has 2 aromatic rings. The van der Waals surface area contributed by atoms with Crippen molar-refractivity contribution in [3.8, 4) is 11.5 Å². The first-order valence-electron chi connectivity index (χ1n) is 4.14. The number of rotatable bonds is 2. The number of thiazole rings is 1. The molecule has 0 aliphatic carbocycles. The average molecular weight is 287 g/mol. The number of anilines is 1. The Morgan fingerprint density at radius 3 is 3.07 bits per heavy atom. The highest BCUT2D eigenvalue weighted by molar-refractivity contribution is 9.11. The molecular formula is C9H7BrN2O2S. The molecule has 2 rings (SSSR count). The van der Waals surface area contributed by atoms with Crippen LogP contribution in [0.4, 0.5) is 5.13 Å². The van der Waals surface area contributed by atoms with E-state index >= 15 is 0 Å². The number of nitrogens with zero attached hydrogens (tertiary/aromatic N) is 1. The molecule has 0 saturated carbocycles. The van der Waals surface area contributed by atoms with E-state index in [0.29, 0.717) is 16.6 Å². The lowest BCUT2D eigenvalue weighted by atomic mass is 10.4. The van der Waals surface area contributed by atoms with Crippen molar-refractivity contribution in [2.45, 2.75) is 6.92 Å². The van der Waals surface area contributed by atoms with Crippen LogP contribution < -0.4 is 5.32 Å². The van der Waals surface area contributed by atoms with E-state index in [1.165, 1.54) is 18.3 Å². The van der Waals surface area contributed by atoms with Crippen molar-refractivity contribution in [1.29, 1.82) is 0 Å². The number of carbonyl (C=O) groups is 1.